The van der Waals surface area contributed by atoms with Gasteiger partial charge in [0.15, 0.2) is 0 Å². The highest BCUT2D eigenvalue weighted by Gasteiger charge is 2.22. The number of benzene rings is 3. The van der Waals surface area contributed by atoms with Crippen LogP contribution in [0.15, 0.2) is 81.1 Å². The van der Waals surface area contributed by atoms with Crippen LogP contribution in [-0.2, 0) is 6.61 Å². The fourth-order valence-corrected chi connectivity index (χ4v) is 5.07. The number of hydrogen-bond donors (Lipinski definition) is 0. The van der Waals surface area contributed by atoms with Crippen molar-refractivity contribution in [3.63, 3.8) is 0 Å². The molecule has 0 atom stereocenters. The van der Waals surface area contributed by atoms with Crippen LogP contribution in [0.3, 0.4) is 0 Å². The van der Waals surface area contributed by atoms with Gasteiger partial charge in [-0.05, 0) is 55.7 Å². The van der Waals surface area contributed by atoms with Gasteiger partial charge in [-0.2, -0.15) is 9.78 Å². The van der Waals surface area contributed by atoms with Crippen LogP contribution in [0.5, 0.6) is 5.75 Å². The average molecular weight is 530 g/mol. The summed E-state index contributed by atoms with van der Waals surface area (Å²) in [6.45, 7) is 2.53. The summed E-state index contributed by atoms with van der Waals surface area (Å²) in [5.74, 6) is 1.70. The first-order valence-corrected chi connectivity index (χ1v) is 12.9. The lowest BCUT2D eigenvalue weighted by atomic mass is 9.88. The molecule has 1 aromatic heterocycles. The Morgan fingerprint density at radius 1 is 1.06 bits per heavy atom. The maximum Gasteiger partial charge on any atom is 0.282 e. The van der Waals surface area contributed by atoms with Crippen molar-refractivity contribution >= 4 is 33.0 Å². The fraction of sp³-hybridized carbons (Fsp3) is 0.276. The van der Waals surface area contributed by atoms with Crippen molar-refractivity contribution < 1.29 is 4.74 Å². The van der Waals surface area contributed by atoms with Crippen LogP contribution >= 0.6 is 15.9 Å². The van der Waals surface area contributed by atoms with Gasteiger partial charge < -0.3 is 4.74 Å². The molecule has 178 valence electrons. The quantitative estimate of drug-likeness (QED) is 0.253. The van der Waals surface area contributed by atoms with Gasteiger partial charge in [-0.3, -0.25) is 4.79 Å². The molecule has 4 aromatic rings. The Morgan fingerprint density at radius 2 is 1.89 bits per heavy atom. The summed E-state index contributed by atoms with van der Waals surface area (Å²) in [4.78, 5) is 18.5. The predicted molar refractivity (Wildman–Crippen MR) is 144 cm³/mol. The third-order valence-electron chi connectivity index (χ3n) is 6.51. The van der Waals surface area contributed by atoms with Crippen molar-refractivity contribution in [1.82, 2.24) is 9.66 Å². The Balaban J connectivity index is 1.51. The molecular formula is C29H28BrN3O2. The molecule has 1 aliphatic carbocycles. The molecule has 3 aromatic carbocycles. The lowest BCUT2D eigenvalue weighted by Crippen LogP contribution is -2.25. The van der Waals surface area contributed by atoms with Crippen molar-refractivity contribution in [2.45, 2.75) is 51.6 Å². The van der Waals surface area contributed by atoms with Crippen molar-refractivity contribution in [3.8, 4) is 5.75 Å². The highest BCUT2D eigenvalue weighted by Crippen LogP contribution is 2.32. The average Bonchev–Trinajstić information content (AvgIpc) is 2.88. The zero-order chi connectivity index (χ0) is 24.2. The van der Waals surface area contributed by atoms with E-state index >= 15 is 0 Å². The van der Waals surface area contributed by atoms with Crippen LogP contribution < -0.4 is 10.3 Å². The Hall–Kier alpha value is -3.25. The minimum Gasteiger partial charge on any atom is -0.488 e. The first-order valence-electron chi connectivity index (χ1n) is 12.1. The molecule has 35 heavy (non-hydrogen) atoms. The van der Waals surface area contributed by atoms with Crippen molar-refractivity contribution in [3.05, 3.63) is 104 Å². The van der Waals surface area contributed by atoms with Crippen LogP contribution in [0.4, 0.5) is 0 Å². The largest absolute Gasteiger partial charge is 0.488 e. The van der Waals surface area contributed by atoms with Crippen LogP contribution in [0, 0.1) is 6.92 Å². The lowest BCUT2D eigenvalue weighted by molar-refractivity contribution is 0.305. The summed E-state index contributed by atoms with van der Waals surface area (Å²) in [6.07, 6.45) is 7.30. The molecule has 5 rings (SSSR count). The van der Waals surface area contributed by atoms with Crippen LogP contribution in [0.2, 0.25) is 0 Å². The number of para-hydroxylation sites is 1. The fourth-order valence-electron chi connectivity index (χ4n) is 4.70. The van der Waals surface area contributed by atoms with E-state index in [4.69, 9.17) is 9.72 Å². The lowest BCUT2D eigenvalue weighted by Gasteiger charge is -2.22. The van der Waals surface area contributed by atoms with Gasteiger partial charge in [-0.1, -0.05) is 77.2 Å². The number of aryl methyl sites for hydroxylation is 1. The maximum absolute atomic E-state index is 13.6. The maximum atomic E-state index is 13.6. The second kappa shape index (κ2) is 10.6. The van der Waals surface area contributed by atoms with Gasteiger partial charge in [0, 0.05) is 16.0 Å². The topological polar surface area (TPSA) is 56.5 Å². The zero-order valence-corrected chi connectivity index (χ0v) is 21.4. The second-order valence-electron chi connectivity index (χ2n) is 9.14. The summed E-state index contributed by atoms with van der Waals surface area (Å²) in [7, 11) is 0. The molecular weight excluding hydrogens is 502 g/mol. The standard InChI is InChI=1S/C29H28BrN3O2/c1-20-8-7-9-21(16-20)19-35-27-13-6-5-12-23(27)18-31-33-28(22-10-3-2-4-11-22)32-26-15-14-24(30)17-25(26)29(33)34/h5-9,12-18,22H,2-4,10-11,19H2,1H3. The molecule has 0 aliphatic heterocycles. The van der Waals surface area contributed by atoms with E-state index in [2.05, 4.69) is 46.2 Å². The van der Waals surface area contributed by atoms with Gasteiger partial charge >= 0.3 is 0 Å². The summed E-state index contributed by atoms with van der Waals surface area (Å²) in [5.41, 5.74) is 3.69. The number of ether oxygens (including phenoxy) is 1. The van der Waals surface area contributed by atoms with E-state index in [1.807, 2.05) is 48.5 Å². The molecule has 0 N–H and O–H groups in total. The molecule has 0 spiro atoms. The van der Waals surface area contributed by atoms with Gasteiger partial charge in [-0.15, -0.1) is 0 Å². The van der Waals surface area contributed by atoms with E-state index in [1.165, 1.54) is 16.7 Å². The van der Waals surface area contributed by atoms with Crippen LogP contribution in [0.25, 0.3) is 10.9 Å². The molecule has 0 saturated heterocycles. The molecule has 1 fully saturated rings. The minimum absolute atomic E-state index is 0.147. The zero-order valence-electron chi connectivity index (χ0n) is 19.8. The van der Waals surface area contributed by atoms with Crippen LogP contribution in [0.1, 0.15) is 60.5 Å². The van der Waals surface area contributed by atoms with Crippen LogP contribution in [-0.4, -0.2) is 15.9 Å². The van der Waals surface area contributed by atoms with Crippen molar-refractivity contribution in [1.29, 1.82) is 0 Å². The Bertz CT molecular complexity index is 1440. The first kappa shape index (κ1) is 23.5. The van der Waals surface area contributed by atoms with E-state index in [0.29, 0.717) is 17.5 Å². The smallest absolute Gasteiger partial charge is 0.282 e. The molecule has 1 heterocycles. The van der Waals surface area contributed by atoms with E-state index in [0.717, 1.165) is 52.9 Å². The van der Waals surface area contributed by atoms with Crippen molar-refractivity contribution in [2.24, 2.45) is 5.10 Å². The molecule has 0 unspecified atom stereocenters. The first-order chi connectivity index (χ1) is 17.1. The highest BCUT2D eigenvalue weighted by molar-refractivity contribution is 9.10. The number of rotatable bonds is 6. The van der Waals surface area contributed by atoms with E-state index < -0.39 is 0 Å². The Kier molecular flexibility index (Phi) is 7.09. The molecule has 1 aliphatic rings. The van der Waals surface area contributed by atoms with Gasteiger partial charge in [0.1, 0.15) is 18.2 Å². The summed E-state index contributed by atoms with van der Waals surface area (Å²) >= 11 is 3.48. The monoisotopic (exact) mass is 529 g/mol. The number of halogens is 1. The van der Waals surface area contributed by atoms with Crippen molar-refractivity contribution in [2.75, 3.05) is 0 Å². The Morgan fingerprint density at radius 3 is 2.71 bits per heavy atom. The van der Waals surface area contributed by atoms with Gasteiger partial charge in [0.2, 0.25) is 0 Å². The number of fused-ring (bicyclic) bond motifs is 1. The molecule has 5 nitrogen and oxygen atoms in total. The second-order valence-corrected chi connectivity index (χ2v) is 10.1. The number of aromatic nitrogens is 2. The normalized spacial score (nSPS) is 14.6. The third-order valence-corrected chi connectivity index (χ3v) is 7.01. The summed E-state index contributed by atoms with van der Waals surface area (Å²) in [6, 6.07) is 21.7. The van der Waals surface area contributed by atoms with E-state index in [1.54, 1.807) is 6.21 Å². The minimum atomic E-state index is -0.147. The van der Waals surface area contributed by atoms with E-state index in [9.17, 15) is 4.79 Å². The molecule has 6 heteroatoms. The molecule has 0 amide bonds. The number of hydrogen-bond acceptors (Lipinski definition) is 4. The summed E-state index contributed by atoms with van der Waals surface area (Å²) in [5, 5.41) is 5.24. The molecule has 0 bridgehead atoms. The predicted octanol–water partition coefficient (Wildman–Crippen LogP) is 6.98. The molecule has 0 radical (unpaired) electrons. The van der Waals surface area contributed by atoms with Gasteiger partial charge in [0.25, 0.3) is 5.56 Å². The Labute approximate surface area is 213 Å². The third kappa shape index (κ3) is 5.38. The van der Waals surface area contributed by atoms with Gasteiger partial charge in [-0.25, -0.2) is 4.98 Å². The summed E-state index contributed by atoms with van der Waals surface area (Å²) < 4.78 is 8.48. The SMILES string of the molecule is Cc1cccc(COc2ccccc2C=Nn2c(C3CCCCC3)nc3ccc(Br)cc3c2=O)c1. The molecule has 1 saturated carbocycles. The number of nitrogens with zero attached hydrogens (tertiary/aromatic N) is 3. The highest BCUT2D eigenvalue weighted by atomic mass is 79.9. The van der Waals surface area contributed by atoms with E-state index in [-0.39, 0.29) is 11.5 Å². The van der Waals surface area contributed by atoms with Gasteiger partial charge in [0.05, 0.1) is 17.1 Å².